The molecule has 1 aromatic carbocycles. The van der Waals surface area contributed by atoms with Gasteiger partial charge in [0.2, 0.25) is 0 Å². The van der Waals surface area contributed by atoms with E-state index in [1.165, 1.54) is 17.5 Å². The van der Waals surface area contributed by atoms with E-state index in [2.05, 4.69) is 24.4 Å². The zero-order chi connectivity index (χ0) is 13.9. The number of hydrogen-bond donors (Lipinski definition) is 2. The normalized spacial score (nSPS) is 18.9. The van der Waals surface area contributed by atoms with E-state index in [0.29, 0.717) is 12.1 Å². The number of aryl methyl sites for hydroxylation is 2. The zero-order valence-electron chi connectivity index (χ0n) is 11.9. The molecule has 0 saturated heterocycles. The maximum Gasteiger partial charge on any atom is 0.103 e. The highest BCUT2D eigenvalue weighted by Gasteiger charge is 2.23. The Morgan fingerprint density at radius 2 is 2.30 bits per heavy atom. The van der Waals surface area contributed by atoms with Crippen LogP contribution in [0.3, 0.4) is 0 Å². The second kappa shape index (κ2) is 5.71. The van der Waals surface area contributed by atoms with Gasteiger partial charge in [0, 0.05) is 24.2 Å². The highest BCUT2D eigenvalue weighted by Crippen LogP contribution is 2.32. The number of hydrogen-bond acceptors (Lipinski definition) is 3. The highest BCUT2D eigenvalue weighted by molar-refractivity contribution is 5.47. The Morgan fingerprint density at radius 1 is 1.40 bits per heavy atom. The minimum atomic E-state index is 0.470. The molecule has 0 saturated carbocycles. The van der Waals surface area contributed by atoms with Gasteiger partial charge >= 0.3 is 0 Å². The van der Waals surface area contributed by atoms with E-state index < -0.39 is 0 Å². The molecule has 1 aliphatic rings. The van der Waals surface area contributed by atoms with Crippen LogP contribution >= 0.6 is 0 Å². The molecule has 3 rings (SSSR count). The number of anilines is 1. The van der Waals surface area contributed by atoms with Gasteiger partial charge in [0.25, 0.3) is 0 Å². The van der Waals surface area contributed by atoms with E-state index in [0.717, 1.165) is 30.7 Å². The number of nitrogens with two attached hydrogens (primary N) is 1. The summed E-state index contributed by atoms with van der Waals surface area (Å²) >= 11 is 0. The van der Waals surface area contributed by atoms with Crippen LogP contribution in [0.4, 0.5) is 5.69 Å². The van der Waals surface area contributed by atoms with Crippen LogP contribution < -0.4 is 11.1 Å². The second-order valence-electron chi connectivity index (χ2n) is 5.74. The number of rotatable bonds is 5. The molecule has 0 fully saturated rings. The SMILES string of the molecule is CC(CCc1ccco1)NC1CCc2cc(N)ccc21. The number of nitrogens with one attached hydrogen (secondary N) is 1. The molecule has 2 unspecified atom stereocenters. The van der Waals surface area contributed by atoms with Gasteiger partial charge in [-0.1, -0.05) is 6.07 Å². The van der Waals surface area contributed by atoms with Gasteiger partial charge in [0.05, 0.1) is 6.26 Å². The van der Waals surface area contributed by atoms with E-state index in [1.807, 2.05) is 18.2 Å². The molecule has 1 aliphatic carbocycles. The van der Waals surface area contributed by atoms with Crippen LogP contribution in [0.2, 0.25) is 0 Å². The van der Waals surface area contributed by atoms with E-state index in [-0.39, 0.29) is 0 Å². The van der Waals surface area contributed by atoms with Crippen LogP contribution in [0.25, 0.3) is 0 Å². The fraction of sp³-hybridized carbons (Fsp3) is 0.412. The topological polar surface area (TPSA) is 51.2 Å². The molecule has 0 bridgehead atoms. The maximum atomic E-state index is 5.85. The summed E-state index contributed by atoms with van der Waals surface area (Å²) in [6, 6.07) is 11.2. The van der Waals surface area contributed by atoms with Crippen molar-refractivity contribution in [3.63, 3.8) is 0 Å². The van der Waals surface area contributed by atoms with Crippen LogP contribution in [0.5, 0.6) is 0 Å². The van der Waals surface area contributed by atoms with Crippen molar-refractivity contribution in [1.82, 2.24) is 5.32 Å². The van der Waals surface area contributed by atoms with E-state index in [4.69, 9.17) is 10.2 Å². The summed E-state index contributed by atoms with van der Waals surface area (Å²) in [5.41, 5.74) is 9.54. The molecule has 0 spiro atoms. The molecule has 3 nitrogen and oxygen atoms in total. The molecule has 0 amide bonds. The Morgan fingerprint density at radius 3 is 3.10 bits per heavy atom. The molecule has 3 heteroatoms. The lowest BCUT2D eigenvalue weighted by Crippen LogP contribution is -2.29. The lowest BCUT2D eigenvalue weighted by Gasteiger charge is -2.20. The van der Waals surface area contributed by atoms with E-state index in [1.54, 1.807) is 6.26 Å². The van der Waals surface area contributed by atoms with Crippen molar-refractivity contribution in [3.8, 4) is 0 Å². The quantitative estimate of drug-likeness (QED) is 0.818. The fourth-order valence-corrected chi connectivity index (χ4v) is 3.05. The molecule has 2 aromatic rings. The summed E-state index contributed by atoms with van der Waals surface area (Å²) in [7, 11) is 0. The van der Waals surface area contributed by atoms with Crippen molar-refractivity contribution in [1.29, 1.82) is 0 Å². The molecule has 2 atom stereocenters. The van der Waals surface area contributed by atoms with Crippen molar-refractivity contribution in [2.24, 2.45) is 0 Å². The van der Waals surface area contributed by atoms with Crippen LogP contribution in [0, 0.1) is 0 Å². The van der Waals surface area contributed by atoms with Gasteiger partial charge in [0.15, 0.2) is 0 Å². The van der Waals surface area contributed by atoms with Crippen molar-refractivity contribution in [2.45, 2.75) is 44.7 Å². The Labute approximate surface area is 120 Å². The standard InChI is InChI=1S/C17H22N2O/c1-12(4-7-15-3-2-10-20-15)19-17-9-5-13-11-14(18)6-8-16(13)17/h2-3,6,8,10-12,17,19H,4-5,7,9,18H2,1H3. The largest absolute Gasteiger partial charge is 0.469 e. The lowest BCUT2D eigenvalue weighted by atomic mass is 10.1. The van der Waals surface area contributed by atoms with Crippen molar-refractivity contribution < 1.29 is 4.42 Å². The molecule has 0 radical (unpaired) electrons. The van der Waals surface area contributed by atoms with Gasteiger partial charge in [-0.2, -0.15) is 0 Å². The van der Waals surface area contributed by atoms with Gasteiger partial charge in [-0.05, 0) is 61.6 Å². The summed E-state index contributed by atoms with van der Waals surface area (Å²) in [6.07, 6.45) is 6.12. The predicted octanol–water partition coefficient (Wildman–Crippen LogP) is 3.46. The van der Waals surface area contributed by atoms with Crippen LogP contribution in [0.1, 0.15) is 42.7 Å². The first kappa shape index (κ1) is 13.3. The van der Waals surface area contributed by atoms with Gasteiger partial charge < -0.3 is 15.5 Å². The third-order valence-corrected chi connectivity index (χ3v) is 4.13. The van der Waals surface area contributed by atoms with Crippen LogP contribution in [-0.2, 0) is 12.8 Å². The summed E-state index contributed by atoms with van der Waals surface area (Å²) in [5.74, 6) is 1.07. The number of fused-ring (bicyclic) bond motifs is 1. The van der Waals surface area contributed by atoms with Gasteiger partial charge in [-0.15, -0.1) is 0 Å². The average molecular weight is 270 g/mol. The van der Waals surface area contributed by atoms with Crippen molar-refractivity contribution in [2.75, 3.05) is 5.73 Å². The predicted molar refractivity (Wildman–Crippen MR) is 81.5 cm³/mol. The summed E-state index contributed by atoms with van der Waals surface area (Å²) in [4.78, 5) is 0. The van der Waals surface area contributed by atoms with Crippen LogP contribution in [0.15, 0.2) is 41.0 Å². The van der Waals surface area contributed by atoms with E-state index in [9.17, 15) is 0 Å². The minimum absolute atomic E-state index is 0.470. The number of furan rings is 1. The molecule has 3 N–H and O–H groups in total. The average Bonchev–Trinajstić information content (AvgIpc) is 3.06. The first-order valence-corrected chi connectivity index (χ1v) is 7.39. The minimum Gasteiger partial charge on any atom is -0.469 e. The Balaban J connectivity index is 1.56. The molecule has 0 aliphatic heterocycles. The molecule has 1 heterocycles. The van der Waals surface area contributed by atoms with Crippen LogP contribution in [-0.4, -0.2) is 6.04 Å². The zero-order valence-corrected chi connectivity index (χ0v) is 11.9. The molecular weight excluding hydrogens is 248 g/mol. The smallest absolute Gasteiger partial charge is 0.103 e. The molecule has 1 aromatic heterocycles. The first-order chi connectivity index (χ1) is 9.72. The summed E-state index contributed by atoms with van der Waals surface area (Å²) in [6.45, 7) is 2.25. The van der Waals surface area contributed by atoms with Gasteiger partial charge in [0.1, 0.15) is 5.76 Å². The maximum absolute atomic E-state index is 5.85. The Bertz CT molecular complexity index is 562. The summed E-state index contributed by atoms with van der Waals surface area (Å²) in [5, 5.41) is 3.73. The van der Waals surface area contributed by atoms with Crippen molar-refractivity contribution in [3.05, 3.63) is 53.5 Å². The van der Waals surface area contributed by atoms with E-state index >= 15 is 0 Å². The third kappa shape index (κ3) is 2.88. The fourth-order valence-electron chi connectivity index (χ4n) is 3.05. The second-order valence-corrected chi connectivity index (χ2v) is 5.74. The molecule has 106 valence electrons. The monoisotopic (exact) mass is 270 g/mol. The summed E-state index contributed by atoms with van der Waals surface area (Å²) < 4.78 is 5.38. The Hall–Kier alpha value is -1.74. The third-order valence-electron chi connectivity index (χ3n) is 4.13. The van der Waals surface area contributed by atoms with Gasteiger partial charge in [-0.25, -0.2) is 0 Å². The highest BCUT2D eigenvalue weighted by atomic mass is 16.3. The number of nitrogen functional groups attached to an aromatic ring is 1. The number of benzene rings is 1. The Kier molecular flexibility index (Phi) is 3.79. The van der Waals surface area contributed by atoms with Crippen molar-refractivity contribution >= 4 is 5.69 Å². The lowest BCUT2D eigenvalue weighted by molar-refractivity contribution is 0.416. The molecule has 20 heavy (non-hydrogen) atoms. The molecular formula is C17H22N2O. The first-order valence-electron chi connectivity index (χ1n) is 7.39. The van der Waals surface area contributed by atoms with Gasteiger partial charge in [-0.3, -0.25) is 0 Å².